The second kappa shape index (κ2) is 9.15. The summed E-state index contributed by atoms with van der Waals surface area (Å²) in [5.74, 6) is -4.82. The third-order valence-electron chi connectivity index (χ3n) is 6.40. The number of halogens is 4. The van der Waals surface area contributed by atoms with Gasteiger partial charge in [-0.3, -0.25) is 4.79 Å². The standard InChI is InChI=1S/C26H23ClF3N3O2/c1-14-8-11-18(19(27)12-14)26(29,30)13-31-24(34)22-17-5-2-6-20(17)32-33-25(22)35-21-7-3-4-16(23(21)28)15-9-10-15/h3-4,7-8,11-12,15H,2,5-6,9-10,13H2,1H3,(H,31,34). The minimum atomic E-state index is -3.41. The van der Waals surface area contributed by atoms with E-state index in [2.05, 4.69) is 15.5 Å². The summed E-state index contributed by atoms with van der Waals surface area (Å²) in [6.45, 7) is 0.772. The normalized spacial score (nSPS) is 15.1. The van der Waals surface area contributed by atoms with Crippen LogP contribution in [-0.4, -0.2) is 22.6 Å². The summed E-state index contributed by atoms with van der Waals surface area (Å²) < 4.78 is 50.6. The zero-order valence-corrected chi connectivity index (χ0v) is 19.8. The van der Waals surface area contributed by atoms with Gasteiger partial charge in [-0.05, 0) is 73.8 Å². The summed E-state index contributed by atoms with van der Waals surface area (Å²) in [5, 5.41) is 10.4. The SMILES string of the molecule is Cc1ccc(C(F)(F)CNC(=O)c2c(Oc3cccc(C4CC4)c3F)nnc3c2CCC3)c(Cl)c1. The zero-order valence-electron chi connectivity index (χ0n) is 19.0. The number of hydrogen-bond acceptors (Lipinski definition) is 4. The first kappa shape index (κ1) is 23.6. The Hall–Kier alpha value is -3.13. The van der Waals surface area contributed by atoms with E-state index in [1.54, 1.807) is 19.1 Å². The fraction of sp³-hybridized carbons (Fsp3) is 0.346. The molecule has 1 aromatic heterocycles. The number of carbonyl (C=O) groups excluding carboxylic acids is 1. The van der Waals surface area contributed by atoms with Crippen LogP contribution in [0.2, 0.25) is 5.02 Å². The Morgan fingerprint density at radius 2 is 2.00 bits per heavy atom. The number of ether oxygens (including phenoxy) is 1. The van der Waals surface area contributed by atoms with Gasteiger partial charge >= 0.3 is 0 Å². The number of amides is 1. The summed E-state index contributed by atoms with van der Waals surface area (Å²) in [6.07, 6.45) is 3.70. The molecule has 2 aliphatic rings. The number of carbonyl (C=O) groups is 1. The summed E-state index contributed by atoms with van der Waals surface area (Å²) in [7, 11) is 0. The molecule has 0 saturated heterocycles. The van der Waals surface area contributed by atoms with E-state index in [1.807, 2.05) is 0 Å². The number of aromatic nitrogens is 2. The van der Waals surface area contributed by atoms with E-state index in [0.717, 1.165) is 24.8 Å². The van der Waals surface area contributed by atoms with Crippen molar-refractivity contribution >= 4 is 17.5 Å². The molecule has 1 heterocycles. The van der Waals surface area contributed by atoms with Gasteiger partial charge in [-0.2, -0.15) is 13.9 Å². The molecule has 5 nitrogen and oxygen atoms in total. The number of hydrogen-bond donors (Lipinski definition) is 1. The minimum absolute atomic E-state index is 0.00882. The number of fused-ring (bicyclic) bond motifs is 1. The highest BCUT2D eigenvalue weighted by Gasteiger charge is 2.36. The molecular formula is C26H23ClF3N3O2. The second-order valence-electron chi connectivity index (χ2n) is 9.07. The number of alkyl halides is 2. The average molecular weight is 502 g/mol. The number of nitrogens with zero attached hydrogens (tertiary/aromatic N) is 2. The molecule has 182 valence electrons. The third kappa shape index (κ3) is 4.72. The van der Waals surface area contributed by atoms with Gasteiger partial charge in [0, 0.05) is 5.56 Å². The molecule has 0 unspecified atom stereocenters. The zero-order chi connectivity index (χ0) is 24.7. The van der Waals surface area contributed by atoms with Gasteiger partial charge in [0.25, 0.3) is 17.7 Å². The predicted octanol–water partition coefficient (Wildman–Crippen LogP) is 6.26. The molecule has 0 spiro atoms. The van der Waals surface area contributed by atoms with Gasteiger partial charge in [-0.15, -0.1) is 5.10 Å². The number of benzene rings is 2. The molecule has 3 aromatic rings. The van der Waals surface area contributed by atoms with Crippen molar-refractivity contribution in [3.63, 3.8) is 0 Å². The Bertz CT molecular complexity index is 1310. The lowest BCUT2D eigenvalue weighted by Gasteiger charge is -2.20. The summed E-state index contributed by atoms with van der Waals surface area (Å²) in [5.41, 5.74) is 2.13. The van der Waals surface area contributed by atoms with Crippen LogP contribution in [0.5, 0.6) is 11.6 Å². The van der Waals surface area contributed by atoms with Crippen LogP contribution in [0.4, 0.5) is 13.2 Å². The van der Waals surface area contributed by atoms with Gasteiger partial charge < -0.3 is 10.1 Å². The van der Waals surface area contributed by atoms with E-state index in [-0.39, 0.29) is 33.7 Å². The smallest absolute Gasteiger partial charge is 0.291 e. The Kier molecular flexibility index (Phi) is 6.17. The van der Waals surface area contributed by atoms with Gasteiger partial charge in [0.1, 0.15) is 5.56 Å². The molecule has 1 saturated carbocycles. The average Bonchev–Trinajstić information content (AvgIpc) is 3.55. The first-order chi connectivity index (χ1) is 16.7. The van der Waals surface area contributed by atoms with Crippen LogP contribution in [0.3, 0.4) is 0 Å². The number of aryl methyl sites for hydroxylation is 2. The van der Waals surface area contributed by atoms with Gasteiger partial charge in [0.15, 0.2) is 11.6 Å². The highest BCUT2D eigenvalue weighted by atomic mass is 35.5. The van der Waals surface area contributed by atoms with Crippen LogP contribution in [0.25, 0.3) is 0 Å². The van der Waals surface area contributed by atoms with Gasteiger partial charge in [0.2, 0.25) is 0 Å². The first-order valence-corrected chi connectivity index (χ1v) is 11.9. The van der Waals surface area contributed by atoms with Crippen molar-refractivity contribution in [3.8, 4) is 11.6 Å². The predicted molar refractivity (Wildman–Crippen MR) is 125 cm³/mol. The van der Waals surface area contributed by atoms with Crippen molar-refractivity contribution in [2.75, 3.05) is 6.54 Å². The van der Waals surface area contributed by atoms with Crippen molar-refractivity contribution in [1.82, 2.24) is 15.5 Å². The molecule has 0 radical (unpaired) electrons. The van der Waals surface area contributed by atoms with Crippen molar-refractivity contribution in [2.45, 2.75) is 50.9 Å². The fourth-order valence-corrected chi connectivity index (χ4v) is 4.78. The first-order valence-electron chi connectivity index (χ1n) is 11.5. The molecule has 2 aromatic carbocycles. The highest BCUT2D eigenvalue weighted by molar-refractivity contribution is 6.31. The van der Waals surface area contributed by atoms with Gasteiger partial charge in [-0.1, -0.05) is 35.9 Å². The van der Waals surface area contributed by atoms with Crippen LogP contribution in [0, 0.1) is 12.7 Å². The van der Waals surface area contributed by atoms with Gasteiger partial charge in [0.05, 0.1) is 17.3 Å². The molecule has 1 amide bonds. The molecule has 2 aliphatic carbocycles. The largest absolute Gasteiger partial charge is 0.434 e. The Labute approximate surface area is 205 Å². The van der Waals surface area contributed by atoms with Crippen LogP contribution in [0.15, 0.2) is 36.4 Å². The third-order valence-corrected chi connectivity index (χ3v) is 6.71. The van der Waals surface area contributed by atoms with E-state index in [9.17, 15) is 13.6 Å². The highest BCUT2D eigenvalue weighted by Crippen LogP contribution is 2.43. The maximum Gasteiger partial charge on any atom is 0.291 e. The molecule has 5 rings (SSSR count). The van der Waals surface area contributed by atoms with Crippen molar-refractivity contribution < 1.29 is 22.7 Å². The Morgan fingerprint density at radius 3 is 2.74 bits per heavy atom. The van der Waals surface area contributed by atoms with E-state index in [1.165, 1.54) is 24.3 Å². The molecular weight excluding hydrogens is 479 g/mol. The van der Waals surface area contributed by atoms with Crippen molar-refractivity contribution in [2.24, 2.45) is 0 Å². The fourth-order valence-electron chi connectivity index (χ4n) is 4.41. The molecule has 1 N–H and O–H groups in total. The summed E-state index contributed by atoms with van der Waals surface area (Å²) in [4.78, 5) is 13.2. The number of rotatable bonds is 7. The molecule has 35 heavy (non-hydrogen) atoms. The summed E-state index contributed by atoms with van der Waals surface area (Å²) >= 11 is 6.03. The maximum atomic E-state index is 15.0. The number of nitrogens with one attached hydrogen (secondary N) is 1. The van der Waals surface area contributed by atoms with Gasteiger partial charge in [-0.25, -0.2) is 4.39 Å². The molecule has 0 bridgehead atoms. The lowest BCUT2D eigenvalue weighted by Crippen LogP contribution is -2.36. The lowest BCUT2D eigenvalue weighted by molar-refractivity contribution is -0.00242. The molecule has 9 heteroatoms. The lowest BCUT2D eigenvalue weighted by atomic mass is 10.1. The Morgan fingerprint density at radius 1 is 1.20 bits per heavy atom. The van der Waals surface area contributed by atoms with Crippen LogP contribution >= 0.6 is 11.6 Å². The topological polar surface area (TPSA) is 64.1 Å². The van der Waals surface area contributed by atoms with E-state index in [0.29, 0.717) is 29.7 Å². The molecule has 0 aliphatic heterocycles. The maximum absolute atomic E-state index is 15.0. The second-order valence-corrected chi connectivity index (χ2v) is 9.47. The quantitative estimate of drug-likeness (QED) is 0.415. The van der Waals surface area contributed by atoms with E-state index in [4.69, 9.17) is 16.3 Å². The monoisotopic (exact) mass is 501 g/mol. The molecule has 0 atom stereocenters. The molecule has 1 fully saturated rings. The van der Waals surface area contributed by atoms with E-state index < -0.39 is 24.2 Å². The van der Waals surface area contributed by atoms with E-state index >= 15 is 4.39 Å². The van der Waals surface area contributed by atoms with Crippen molar-refractivity contribution in [3.05, 3.63) is 80.7 Å². The summed E-state index contributed by atoms with van der Waals surface area (Å²) in [6, 6.07) is 9.07. The van der Waals surface area contributed by atoms with Crippen LogP contribution < -0.4 is 10.1 Å². The van der Waals surface area contributed by atoms with Crippen molar-refractivity contribution in [1.29, 1.82) is 0 Å². The van der Waals surface area contributed by atoms with Crippen LogP contribution in [0.1, 0.15) is 63.5 Å². The minimum Gasteiger partial charge on any atom is -0.434 e. The van der Waals surface area contributed by atoms with Crippen LogP contribution in [-0.2, 0) is 18.8 Å². The Balaban J connectivity index is 1.43.